The van der Waals surface area contributed by atoms with Crippen molar-refractivity contribution >= 4 is 45.6 Å². The summed E-state index contributed by atoms with van der Waals surface area (Å²) in [5, 5.41) is 7.56. The van der Waals surface area contributed by atoms with Crippen LogP contribution >= 0.6 is 22.9 Å². The molecule has 9 heteroatoms. The first-order chi connectivity index (χ1) is 15.4. The Labute approximate surface area is 193 Å². The number of ether oxygens (including phenoxy) is 1. The number of nitrogens with one attached hydrogen (secondary N) is 1. The van der Waals surface area contributed by atoms with Gasteiger partial charge in [-0.3, -0.25) is 9.59 Å². The van der Waals surface area contributed by atoms with E-state index in [1.807, 2.05) is 38.1 Å². The predicted octanol–water partition coefficient (Wildman–Crippen LogP) is 3.63. The van der Waals surface area contributed by atoms with Crippen LogP contribution in [0.5, 0.6) is 5.75 Å². The molecular weight excluding hydrogens is 448 g/mol. The highest BCUT2D eigenvalue weighted by Crippen LogP contribution is 2.24. The lowest BCUT2D eigenvalue weighted by Crippen LogP contribution is -2.24. The molecule has 0 bridgehead atoms. The first-order valence-corrected chi connectivity index (χ1v) is 11.3. The third-order valence-electron chi connectivity index (χ3n) is 4.65. The van der Waals surface area contributed by atoms with Gasteiger partial charge < -0.3 is 10.1 Å². The molecule has 0 radical (unpaired) electrons. The molecule has 164 valence electrons. The lowest BCUT2D eigenvalue weighted by molar-refractivity contribution is -0.118. The van der Waals surface area contributed by atoms with E-state index in [-0.39, 0.29) is 18.1 Å². The lowest BCUT2D eigenvalue weighted by atomic mass is 10.2. The van der Waals surface area contributed by atoms with Gasteiger partial charge in [0, 0.05) is 22.7 Å². The number of carbonyl (C=O) groups is 1. The summed E-state index contributed by atoms with van der Waals surface area (Å²) >= 11 is 7.41. The van der Waals surface area contributed by atoms with Crippen molar-refractivity contribution in [2.45, 2.75) is 26.7 Å². The molecule has 0 aliphatic heterocycles. The van der Waals surface area contributed by atoms with Gasteiger partial charge in [0.25, 0.3) is 11.5 Å². The molecule has 0 saturated heterocycles. The van der Waals surface area contributed by atoms with Crippen molar-refractivity contribution in [1.29, 1.82) is 0 Å². The molecule has 0 spiro atoms. The summed E-state index contributed by atoms with van der Waals surface area (Å²) < 4.78 is 7.51. The smallest absolute Gasteiger partial charge is 0.291 e. The Bertz CT molecular complexity index is 1380. The molecule has 2 aromatic carbocycles. The Hall–Kier alpha value is -3.23. The molecule has 0 unspecified atom stereocenters. The van der Waals surface area contributed by atoms with Crippen molar-refractivity contribution in [2.24, 2.45) is 0 Å². The van der Waals surface area contributed by atoms with Crippen LogP contribution in [0.4, 0.5) is 5.69 Å². The van der Waals surface area contributed by atoms with Crippen LogP contribution in [-0.4, -0.2) is 27.1 Å². The molecule has 0 saturated carbocycles. The second-order valence-electron chi connectivity index (χ2n) is 7.27. The second kappa shape index (κ2) is 9.50. The van der Waals surface area contributed by atoms with Gasteiger partial charge in [-0.15, -0.1) is 5.10 Å². The number of anilines is 1. The SMILES string of the molecule is CCCc1nc2s/c(=C\c3cc(Cl)ccc3OCC(=O)Nc3ccc(C)cc3)c(=O)n2n1. The van der Waals surface area contributed by atoms with Crippen molar-refractivity contribution in [2.75, 3.05) is 11.9 Å². The maximum atomic E-state index is 12.7. The van der Waals surface area contributed by atoms with E-state index in [9.17, 15) is 9.59 Å². The quantitative estimate of drug-likeness (QED) is 0.447. The zero-order valence-corrected chi connectivity index (χ0v) is 19.2. The molecule has 1 N–H and O–H groups in total. The molecule has 7 nitrogen and oxygen atoms in total. The van der Waals surface area contributed by atoms with Gasteiger partial charge in [-0.2, -0.15) is 4.52 Å². The van der Waals surface area contributed by atoms with Crippen LogP contribution in [0.1, 0.15) is 30.3 Å². The number of aryl methyl sites for hydroxylation is 2. The highest BCUT2D eigenvalue weighted by atomic mass is 35.5. The maximum Gasteiger partial charge on any atom is 0.291 e. The van der Waals surface area contributed by atoms with Gasteiger partial charge in [0.1, 0.15) is 5.75 Å². The normalized spacial score (nSPS) is 11.8. The van der Waals surface area contributed by atoms with Crippen molar-refractivity contribution in [3.8, 4) is 5.75 Å². The van der Waals surface area contributed by atoms with Gasteiger partial charge in [-0.25, -0.2) is 4.98 Å². The van der Waals surface area contributed by atoms with E-state index in [0.717, 1.165) is 18.4 Å². The number of halogens is 1. The summed E-state index contributed by atoms with van der Waals surface area (Å²) in [5.41, 5.74) is 2.15. The maximum absolute atomic E-state index is 12.7. The Morgan fingerprint density at radius 2 is 2.03 bits per heavy atom. The van der Waals surface area contributed by atoms with Crippen LogP contribution in [0, 0.1) is 6.92 Å². The van der Waals surface area contributed by atoms with Crippen LogP contribution in [0.2, 0.25) is 5.02 Å². The van der Waals surface area contributed by atoms with Crippen LogP contribution in [0.15, 0.2) is 47.3 Å². The minimum absolute atomic E-state index is 0.184. The summed E-state index contributed by atoms with van der Waals surface area (Å²) in [6.07, 6.45) is 3.32. The number of fused-ring (bicyclic) bond motifs is 1. The van der Waals surface area contributed by atoms with Crippen molar-refractivity contribution in [1.82, 2.24) is 14.6 Å². The molecule has 0 aliphatic rings. The third kappa shape index (κ3) is 4.98. The molecule has 4 rings (SSSR count). The number of aromatic nitrogens is 3. The molecule has 4 aromatic rings. The molecular formula is C23H21ClN4O3S. The predicted molar refractivity (Wildman–Crippen MR) is 127 cm³/mol. The minimum atomic E-state index is -0.290. The summed E-state index contributed by atoms with van der Waals surface area (Å²) in [6.45, 7) is 3.83. The number of amides is 1. The fourth-order valence-corrected chi connectivity index (χ4v) is 4.18. The van der Waals surface area contributed by atoms with Gasteiger partial charge in [0.15, 0.2) is 12.4 Å². The van der Waals surface area contributed by atoms with Gasteiger partial charge in [-0.1, -0.05) is 47.6 Å². The topological polar surface area (TPSA) is 85.6 Å². The Balaban J connectivity index is 1.56. The Morgan fingerprint density at radius 3 is 2.75 bits per heavy atom. The summed E-state index contributed by atoms with van der Waals surface area (Å²) in [4.78, 5) is 30.0. The minimum Gasteiger partial charge on any atom is -0.483 e. The highest BCUT2D eigenvalue weighted by molar-refractivity contribution is 7.15. The third-order valence-corrected chi connectivity index (χ3v) is 5.85. The largest absolute Gasteiger partial charge is 0.483 e. The highest BCUT2D eigenvalue weighted by Gasteiger charge is 2.12. The summed E-state index contributed by atoms with van der Waals surface area (Å²) in [7, 11) is 0. The number of hydrogen-bond donors (Lipinski definition) is 1. The Morgan fingerprint density at radius 1 is 1.25 bits per heavy atom. The zero-order chi connectivity index (χ0) is 22.7. The lowest BCUT2D eigenvalue weighted by Gasteiger charge is -2.10. The zero-order valence-electron chi connectivity index (χ0n) is 17.6. The van der Waals surface area contributed by atoms with Crippen LogP contribution < -0.4 is 20.1 Å². The van der Waals surface area contributed by atoms with Crippen LogP contribution in [-0.2, 0) is 11.2 Å². The van der Waals surface area contributed by atoms with Gasteiger partial charge in [-0.05, 0) is 49.8 Å². The second-order valence-corrected chi connectivity index (χ2v) is 8.72. The first-order valence-electron chi connectivity index (χ1n) is 10.1. The molecule has 1 amide bonds. The molecule has 0 aliphatic carbocycles. The van der Waals surface area contributed by atoms with Crippen molar-refractivity contribution in [3.63, 3.8) is 0 Å². The first kappa shape index (κ1) is 22.0. The van der Waals surface area contributed by atoms with E-state index < -0.39 is 0 Å². The van der Waals surface area contributed by atoms with Crippen LogP contribution in [0.25, 0.3) is 11.0 Å². The van der Waals surface area contributed by atoms with Gasteiger partial charge >= 0.3 is 0 Å². The number of carbonyl (C=O) groups excluding carboxylic acids is 1. The fourth-order valence-electron chi connectivity index (χ4n) is 3.09. The fraction of sp³-hybridized carbons (Fsp3) is 0.217. The van der Waals surface area contributed by atoms with Crippen molar-refractivity contribution in [3.05, 3.63) is 79.3 Å². The molecule has 2 heterocycles. The molecule has 32 heavy (non-hydrogen) atoms. The van der Waals surface area contributed by atoms with E-state index in [2.05, 4.69) is 15.4 Å². The monoisotopic (exact) mass is 468 g/mol. The number of benzene rings is 2. The average molecular weight is 469 g/mol. The number of nitrogens with zero attached hydrogens (tertiary/aromatic N) is 3. The van der Waals surface area contributed by atoms with E-state index in [4.69, 9.17) is 16.3 Å². The van der Waals surface area contributed by atoms with Gasteiger partial charge in [0.2, 0.25) is 4.96 Å². The van der Waals surface area contributed by atoms with E-state index in [0.29, 0.717) is 37.3 Å². The van der Waals surface area contributed by atoms with E-state index >= 15 is 0 Å². The van der Waals surface area contributed by atoms with Crippen molar-refractivity contribution < 1.29 is 9.53 Å². The Kier molecular flexibility index (Phi) is 6.53. The standard InChI is InChI=1S/C23H21ClN4O3S/c1-3-4-20-26-23-28(27-20)22(30)19(32-23)12-15-11-16(24)7-10-18(15)31-13-21(29)25-17-8-5-14(2)6-9-17/h5-12H,3-4,13H2,1-2H3,(H,25,29)/b19-12-. The van der Waals surface area contributed by atoms with E-state index in [1.165, 1.54) is 15.9 Å². The number of thiazole rings is 1. The number of rotatable bonds is 7. The van der Waals surface area contributed by atoms with Crippen LogP contribution in [0.3, 0.4) is 0 Å². The molecule has 0 atom stereocenters. The number of hydrogen-bond acceptors (Lipinski definition) is 6. The summed E-state index contributed by atoms with van der Waals surface area (Å²) in [6, 6.07) is 12.5. The average Bonchev–Trinajstić information content (AvgIpc) is 3.28. The molecule has 2 aromatic heterocycles. The summed E-state index contributed by atoms with van der Waals surface area (Å²) in [5.74, 6) is 0.814. The van der Waals surface area contributed by atoms with Gasteiger partial charge in [0.05, 0.1) is 4.53 Å². The van der Waals surface area contributed by atoms with E-state index in [1.54, 1.807) is 24.3 Å². The molecule has 0 fully saturated rings.